The van der Waals surface area contributed by atoms with Crippen LogP contribution >= 0.6 is 0 Å². The van der Waals surface area contributed by atoms with Gasteiger partial charge in [-0.15, -0.1) is 0 Å². The number of nitrogens with one attached hydrogen (secondary N) is 1. The second kappa shape index (κ2) is 9.69. The van der Waals surface area contributed by atoms with E-state index in [1.54, 1.807) is 12.1 Å². The van der Waals surface area contributed by atoms with Crippen LogP contribution in [-0.2, 0) is 0 Å². The summed E-state index contributed by atoms with van der Waals surface area (Å²) >= 11 is 0. The van der Waals surface area contributed by atoms with Gasteiger partial charge in [0.25, 0.3) is 5.91 Å². The highest BCUT2D eigenvalue weighted by Crippen LogP contribution is 2.26. The van der Waals surface area contributed by atoms with Gasteiger partial charge in [-0.2, -0.15) is 0 Å². The first kappa shape index (κ1) is 21.6. The molecule has 2 aromatic carbocycles. The Morgan fingerprint density at radius 1 is 1.03 bits per heavy atom. The van der Waals surface area contributed by atoms with Crippen LogP contribution in [0.4, 0.5) is 5.69 Å². The predicted molar refractivity (Wildman–Crippen MR) is 130 cm³/mol. The molecular formula is C27H29N3O2. The normalized spacial score (nSPS) is 11.0. The lowest BCUT2D eigenvalue weighted by Crippen LogP contribution is -2.12. The fraction of sp³-hybridized carbons (Fsp3) is 0.259. The molecule has 1 N–H and O–H groups in total. The van der Waals surface area contributed by atoms with Gasteiger partial charge in [0.1, 0.15) is 11.4 Å². The van der Waals surface area contributed by atoms with Crippen molar-refractivity contribution in [2.24, 2.45) is 0 Å². The van der Waals surface area contributed by atoms with Crippen LogP contribution in [0.5, 0.6) is 5.75 Å². The zero-order valence-electron chi connectivity index (χ0n) is 18.9. The molecule has 0 aliphatic carbocycles. The summed E-state index contributed by atoms with van der Waals surface area (Å²) in [6, 6.07) is 17.4. The van der Waals surface area contributed by atoms with E-state index < -0.39 is 0 Å². The maximum atomic E-state index is 12.8. The lowest BCUT2D eigenvalue weighted by molar-refractivity contribution is 0.102. The van der Waals surface area contributed by atoms with E-state index in [-0.39, 0.29) is 5.91 Å². The summed E-state index contributed by atoms with van der Waals surface area (Å²) in [4.78, 5) is 17.6. The van der Waals surface area contributed by atoms with E-state index in [2.05, 4.69) is 25.2 Å². The zero-order valence-corrected chi connectivity index (χ0v) is 18.9. The molecule has 0 aliphatic rings. The molecule has 5 nitrogen and oxygen atoms in total. The molecule has 0 radical (unpaired) electrons. The number of hydrogen-bond donors (Lipinski definition) is 1. The molecule has 164 valence electrons. The average Bonchev–Trinajstić information content (AvgIpc) is 3.24. The van der Waals surface area contributed by atoms with Crippen molar-refractivity contribution in [2.45, 2.75) is 40.0 Å². The number of rotatable bonds is 8. The first-order chi connectivity index (χ1) is 15.5. The monoisotopic (exact) mass is 427 g/mol. The Labute approximate surface area is 189 Å². The Balaban J connectivity index is 1.49. The number of aryl methyl sites for hydroxylation is 2. The highest BCUT2D eigenvalue weighted by molar-refractivity contribution is 6.05. The smallest absolute Gasteiger partial charge is 0.255 e. The second-order valence-corrected chi connectivity index (χ2v) is 8.11. The molecule has 0 aliphatic heterocycles. The molecule has 0 unspecified atom stereocenters. The molecular weight excluding hydrogens is 398 g/mol. The van der Waals surface area contributed by atoms with Gasteiger partial charge in [0.05, 0.1) is 12.3 Å². The number of carbonyl (C=O) groups excluding carboxylic acids is 1. The molecule has 0 bridgehead atoms. The van der Waals surface area contributed by atoms with E-state index in [0.29, 0.717) is 12.2 Å². The number of benzene rings is 2. The number of aromatic nitrogens is 2. The minimum atomic E-state index is -0.145. The second-order valence-electron chi connectivity index (χ2n) is 8.11. The molecule has 5 heteroatoms. The number of hydrogen-bond acceptors (Lipinski definition) is 3. The molecule has 0 saturated heterocycles. The van der Waals surface area contributed by atoms with Crippen LogP contribution in [-0.4, -0.2) is 21.9 Å². The molecule has 1 amide bonds. The number of amides is 1. The highest BCUT2D eigenvalue weighted by Gasteiger charge is 2.11. The van der Waals surface area contributed by atoms with Gasteiger partial charge in [-0.25, -0.2) is 4.98 Å². The van der Waals surface area contributed by atoms with Crippen LogP contribution in [0.25, 0.3) is 16.9 Å². The van der Waals surface area contributed by atoms with Crippen molar-refractivity contribution in [1.29, 1.82) is 0 Å². The van der Waals surface area contributed by atoms with Crippen molar-refractivity contribution in [3.8, 4) is 17.0 Å². The van der Waals surface area contributed by atoms with E-state index >= 15 is 0 Å². The van der Waals surface area contributed by atoms with Crippen LogP contribution in [0, 0.1) is 13.8 Å². The summed E-state index contributed by atoms with van der Waals surface area (Å²) in [6.07, 6.45) is 7.37. The Morgan fingerprint density at radius 2 is 1.84 bits per heavy atom. The zero-order chi connectivity index (χ0) is 22.5. The van der Waals surface area contributed by atoms with Crippen molar-refractivity contribution < 1.29 is 9.53 Å². The van der Waals surface area contributed by atoms with E-state index in [0.717, 1.165) is 52.3 Å². The SMILES string of the molecule is CCCCCOc1ccc(C(=O)Nc2cc(-c3cn4cccc(C)c4n3)ccc2C)cc1. The molecule has 0 saturated carbocycles. The Bertz CT molecular complexity index is 1230. The quantitative estimate of drug-likeness (QED) is 0.329. The maximum Gasteiger partial charge on any atom is 0.255 e. The van der Waals surface area contributed by atoms with Crippen LogP contribution in [0.3, 0.4) is 0 Å². The number of unbranched alkanes of at least 4 members (excludes halogenated alkanes) is 2. The third-order valence-electron chi connectivity index (χ3n) is 5.59. The number of carbonyl (C=O) groups is 1. The standard InChI is InChI=1S/C27H29N3O2/c1-4-5-6-16-32-23-13-11-21(12-14-23)27(31)29-24-17-22(10-9-19(24)2)25-18-30-15-7-8-20(3)26(30)28-25/h7-15,17-18H,4-6,16H2,1-3H3,(H,29,31). The van der Waals surface area contributed by atoms with Crippen molar-refractivity contribution in [2.75, 3.05) is 11.9 Å². The lowest BCUT2D eigenvalue weighted by atomic mass is 10.1. The predicted octanol–water partition coefficient (Wildman–Crippen LogP) is 6.44. The third-order valence-corrected chi connectivity index (χ3v) is 5.59. The molecule has 2 aromatic heterocycles. The number of fused-ring (bicyclic) bond motifs is 1. The fourth-order valence-electron chi connectivity index (χ4n) is 3.65. The minimum absolute atomic E-state index is 0.145. The first-order valence-electron chi connectivity index (χ1n) is 11.1. The Kier molecular flexibility index (Phi) is 6.55. The highest BCUT2D eigenvalue weighted by atomic mass is 16.5. The van der Waals surface area contributed by atoms with Gasteiger partial charge in [-0.05, 0) is 67.8 Å². The van der Waals surface area contributed by atoms with Crippen molar-refractivity contribution in [1.82, 2.24) is 9.38 Å². The van der Waals surface area contributed by atoms with Crippen molar-refractivity contribution in [3.05, 3.63) is 83.7 Å². The summed E-state index contributed by atoms with van der Waals surface area (Å²) in [5.41, 5.74) is 6.27. The van der Waals surface area contributed by atoms with Gasteiger partial charge < -0.3 is 14.5 Å². The third kappa shape index (κ3) is 4.83. The Hall–Kier alpha value is -3.60. The van der Waals surface area contributed by atoms with Crippen LogP contribution in [0.15, 0.2) is 67.0 Å². The summed E-state index contributed by atoms with van der Waals surface area (Å²) in [5, 5.41) is 3.05. The van der Waals surface area contributed by atoms with Crippen molar-refractivity contribution in [3.63, 3.8) is 0 Å². The van der Waals surface area contributed by atoms with Crippen LogP contribution in [0.2, 0.25) is 0 Å². The number of ether oxygens (including phenoxy) is 1. The maximum absolute atomic E-state index is 12.8. The topological polar surface area (TPSA) is 55.6 Å². The van der Waals surface area contributed by atoms with Gasteiger partial charge >= 0.3 is 0 Å². The summed E-state index contributed by atoms with van der Waals surface area (Å²) in [6.45, 7) is 6.91. The molecule has 4 rings (SSSR count). The molecule has 0 fully saturated rings. The van der Waals surface area contributed by atoms with Crippen LogP contribution < -0.4 is 10.1 Å². The summed E-state index contributed by atoms with van der Waals surface area (Å²) in [7, 11) is 0. The van der Waals surface area contributed by atoms with E-state index in [1.165, 1.54) is 6.42 Å². The fourth-order valence-corrected chi connectivity index (χ4v) is 3.65. The summed E-state index contributed by atoms with van der Waals surface area (Å²) in [5.74, 6) is 0.645. The van der Waals surface area contributed by atoms with E-state index in [4.69, 9.17) is 9.72 Å². The molecule has 2 heterocycles. The number of nitrogens with zero attached hydrogens (tertiary/aromatic N) is 2. The van der Waals surface area contributed by atoms with Crippen molar-refractivity contribution >= 4 is 17.2 Å². The number of imidazole rings is 1. The first-order valence-corrected chi connectivity index (χ1v) is 11.1. The van der Waals surface area contributed by atoms with Gasteiger partial charge in [0.2, 0.25) is 0 Å². The van der Waals surface area contributed by atoms with E-state index in [9.17, 15) is 4.79 Å². The summed E-state index contributed by atoms with van der Waals surface area (Å²) < 4.78 is 7.76. The molecule has 32 heavy (non-hydrogen) atoms. The van der Waals surface area contributed by atoms with Gasteiger partial charge in [0.15, 0.2) is 0 Å². The largest absolute Gasteiger partial charge is 0.494 e. The van der Waals surface area contributed by atoms with Gasteiger partial charge in [0, 0.05) is 29.2 Å². The van der Waals surface area contributed by atoms with Crippen LogP contribution in [0.1, 0.15) is 47.7 Å². The van der Waals surface area contributed by atoms with Gasteiger partial charge in [-0.1, -0.05) is 38.0 Å². The molecule has 4 aromatic rings. The average molecular weight is 428 g/mol. The number of pyridine rings is 1. The minimum Gasteiger partial charge on any atom is -0.494 e. The molecule has 0 spiro atoms. The Morgan fingerprint density at radius 3 is 2.59 bits per heavy atom. The van der Waals surface area contributed by atoms with E-state index in [1.807, 2.05) is 60.1 Å². The molecule has 0 atom stereocenters. The van der Waals surface area contributed by atoms with Gasteiger partial charge in [-0.3, -0.25) is 4.79 Å². The lowest BCUT2D eigenvalue weighted by Gasteiger charge is -2.11. The number of anilines is 1.